The maximum absolute atomic E-state index is 14.1. The van der Waals surface area contributed by atoms with Crippen LogP contribution >= 0.6 is 0 Å². The van der Waals surface area contributed by atoms with Crippen molar-refractivity contribution in [3.05, 3.63) is 65.7 Å². The summed E-state index contributed by atoms with van der Waals surface area (Å²) in [6.45, 7) is 3.44. The van der Waals surface area contributed by atoms with Gasteiger partial charge in [0, 0.05) is 48.7 Å². The van der Waals surface area contributed by atoms with E-state index in [1.54, 1.807) is 4.90 Å². The smallest absolute Gasteiger partial charge is 0.252 e. The molecule has 1 aromatic heterocycles. The normalized spacial score (nSPS) is 18.6. The molecule has 8 nitrogen and oxygen atoms in total. The fraction of sp³-hybridized carbons (Fsp3) is 0.469. The van der Waals surface area contributed by atoms with Crippen molar-refractivity contribution in [2.45, 2.75) is 57.7 Å². The molecule has 2 aromatic carbocycles. The van der Waals surface area contributed by atoms with Gasteiger partial charge in [0.2, 0.25) is 5.91 Å². The third-order valence-corrected chi connectivity index (χ3v) is 8.40. The van der Waals surface area contributed by atoms with Crippen LogP contribution in [0.15, 0.2) is 54.6 Å². The predicted octanol–water partition coefficient (Wildman–Crippen LogP) is 3.60. The molecule has 3 N–H and O–H groups in total. The van der Waals surface area contributed by atoms with Crippen molar-refractivity contribution >= 4 is 22.7 Å². The number of piperazine rings is 1. The molecule has 0 unspecified atom stereocenters. The van der Waals surface area contributed by atoms with E-state index in [4.69, 9.17) is 4.98 Å². The lowest BCUT2D eigenvalue weighted by molar-refractivity contribution is -0.138. The molecule has 0 spiro atoms. The molecule has 0 bridgehead atoms. The first kappa shape index (κ1) is 28.2. The number of carbonyl (C=O) groups is 2. The molecular formula is C32H40N4O4. The summed E-state index contributed by atoms with van der Waals surface area (Å²) >= 11 is 0. The zero-order valence-corrected chi connectivity index (χ0v) is 23.3. The average molecular weight is 545 g/mol. The molecule has 212 valence electrons. The van der Waals surface area contributed by atoms with E-state index in [1.165, 1.54) is 19.3 Å². The van der Waals surface area contributed by atoms with Gasteiger partial charge < -0.3 is 20.4 Å². The van der Waals surface area contributed by atoms with E-state index >= 15 is 0 Å². The molecule has 2 heterocycles. The van der Waals surface area contributed by atoms with Crippen LogP contribution in [0.5, 0.6) is 0 Å². The Morgan fingerprint density at radius 1 is 1.05 bits per heavy atom. The molecule has 5 rings (SSSR count). The molecule has 3 aromatic rings. The Balaban J connectivity index is 1.52. The summed E-state index contributed by atoms with van der Waals surface area (Å²) in [5.74, 6) is 0.272. The quantitative estimate of drug-likeness (QED) is 0.380. The van der Waals surface area contributed by atoms with Gasteiger partial charge in [-0.15, -0.1) is 0 Å². The molecule has 8 heteroatoms. The van der Waals surface area contributed by atoms with Gasteiger partial charge in [-0.3, -0.25) is 14.5 Å². The average Bonchev–Trinajstić information content (AvgIpc) is 2.98. The number of benzene rings is 2. The van der Waals surface area contributed by atoms with E-state index in [2.05, 4.69) is 12.2 Å². The molecule has 0 radical (unpaired) electrons. The minimum absolute atomic E-state index is 0.0656. The lowest BCUT2D eigenvalue weighted by Crippen LogP contribution is -2.52. The van der Waals surface area contributed by atoms with E-state index in [1.807, 2.05) is 59.5 Å². The minimum Gasteiger partial charge on any atom is -0.394 e. The minimum atomic E-state index is -0.952. The highest BCUT2D eigenvalue weighted by Crippen LogP contribution is 2.33. The van der Waals surface area contributed by atoms with Gasteiger partial charge in [0.15, 0.2) is 0 Å². The highest BCUT2D eigenvalue weighted by molar-refractivity contribution is 6.09. The molecule has 2 amide bonds. The molecule has 2 atom stereocenters. The first-order valence-corrected chi connectivity index (χ1v) is 14.5. The summed E-state index contributed by atoms with van der Waals surface area (Å²) in [4.78, 5) is 35.8. The van der Waals surface area contributed by atoms with E-state index in [0.717, 1.165) is 40.6 Å². The molecule has 1 aliphatic heterocycles. The van der Waals surface area contributed by atoms with Crippen LogP contribution in [0.4, 0.5) is 0 Å². The maximum Gasteiger partial charge on any atom is 0.252 e. The Bertz CT molecular complexity index is 1330. The summed E-state index contributed by atoms with van der Waals surface area (Å²) in [6.07, 6.45) is 5.01. The Morgan fingerprint density at radius 3 is 2.50 bits per heavy atom. The van der Waals surface area contributed by atoms with Crippen molar-refractivity contribution < 1.29 is 19.8 Å². The number of β-amino-alcohol motifs (C(OH)–C–C–N with tert-alkyl or cyclic N) is 1. The summed E-state index contributed by atoms with van der Waals surface area (Å²) in [5, 5.41) is 23.2. The number of pyridine rings is 1. The third kappa shape index (κ3) is 6.35. The summed E-state index contributed by atoms with van der Waals surface area (Å²) < 4.78 is 0. The van der Waals surface area contributed by atoms with E-state index in [0.29, 0.717) is 31.1 Å². The predicted molar refractivity (Wildman–Crippen MR) is 156 cm³/mol. The Labute approximate surface area is 236 Å². The third-order valence-electron chi connectivity index (χ3n) is 8.40. The molecular weight excluding hydrogens is 504 g/mol. The van der Waals surface area contributed by atoms with Gasteiger partial charge in [-0.2, -0.15) is 0 Å². The number of rotatable bonds is 9. The van der Waals surface area contributed by atoms with E-state index in [-0.39, 0.29) is 37.6 Å². The van der Waals surface area contributed by atoms with Gasteiger partial charge in [0.25, 0.3) is 5.91 Å². The second-order valence-electron chi connectivity index (χ2n) is 11.2. The van der Waals surface area contributed by atoms with E-state index in [9.17, 15) is 19.8 Å². The van der Waals surface area contributed by atoms with Crippen molar-refractivity contribution in [2.24, 2.45) is 5.92 Å². The molecule has 1 aliphatic carbocycles. The summed E-state index contributed by atoms with van der Waals surface area (Å²) in [6, 6.07) is 17.8. The molecule has 2 aliphatic rings. The van der Waals surface area contributed by atoms with Crippen molar-refractivity contribution in [3.63, 3.8) is 0 Å². The van der Waals surface area contributed by atoms with Gasteiger partial charge in [-0.25, -0.2) is 4.98 Å². The number of fused-ring (bicyclic) bond motifs is 1. The van der Waals surface area contributed by atoms with Gasteiger partial charge in [-0.05, 0) is 31.7 Å². The number of nitrogens with one attached hydrogen (secondary N) is 1. The van der Waals surface area contributed by atoms with Gasteiger partial charge in [0.1, 0.15) is 0 Å². The van der Waals surface area contributed by atoms with Crippen LogP contribution in [0.25, 0.3) is 22.2 Å². The van der Waals surface area contributed by atoms with Crippen molar-refractivity contribution in [1.29, 1.82) is 0 Å². The number of aromatic nitrogens is 1. The fourth-order valence-electron chi connectivity index (χ4n) is 6.15. The maximum atomic E-state index is 14.1. The van der Waals surface area contributed by atoms with Crippen LogP contribution < -0.4 is 5.32 Å². The van der Waals surface area contributed by atoms with Gasteiger partial charge in [-0.1, -0.05) is 67.8 Å². The second-order valence-corrected chi connectivity index (χ2v) is 11.2. The topological polar surface area (TPSA) is 106 Å². The van der Waals surface area contributed by atoms with Crippen LogP contribution in [0, 0.1) is 5.92 Å². The summed E-state index contributed by atoms with van der Waals surface area (Å²) in [5.41, 5.74) is 3.88. The molecule has 40 heavy (non-hydrogen) atoms. The van der Waals surface area contributed by atoms with Crippen LogP contribution in [0.3, 0.4) is 0 Å². The molecule has 2 fully saturated rings. The number of hydrogen-bond donors (Lipinski definition) is 3. The first-order valence-electron chi connectivity index (χ1n) is 14.5. The van der Waals surface area contributed by atoms with Gasteiger partial charge in [0.05, 0.1) is 36.0 Å². The van der Waals surface area contributed by atoms with E-state index < -0.39 is 6.10 Å². The second kappa shape index (κ2) is 12.9. The van der Waals surface area contributed by atoms with Crippen LogP contribution in [0.2, 0.25) is 0 Å². The highest BCUT2D eigenvalue weighted by atomic mass is 16.3. The molecule has 1 saturated carbocycles. The number of amides is 2. The SMILES string of the molecule is C[C@H](NC(=O)c1c(CN2CCN(C[C@@H](O)CO)C(=O)C2)c(-c2ccccc2)nc2ccccc12)C1CCCCC1. The largest absolute Gasteiger partial charge is 0.394 e. The number of carbonyl (C=O) groups excluding carboxylic acids is 2. The number of aliphatic hydroxyl groups is 2. The fourth-order valence-corrected chi connectivity index (χ4v) is 6.15. The molecule has 1 saturated heterocycles. The van der Waals surface area contributed by atoms with Crippen LogP contribution in [0.1, 0.15) is 54.9 Å². The summed E-state index contributed by atoms with van der Waals surface area (Å²) in [7, 11) is 0. The zero-order valence-electron chi connectivity index (χ0n) is 23.3. The van der Waals surface area contributed by atoms with Gasteiger partial charge >= 0.3 is 0 Å². The van der Waals surface area contributed by atoms with Crippen molar-refractivity contribution in [2.75, 3.05) is 32.8 Å². The Morgan fingerprint density at radius 2 is 1.77 bits per heavy atom. The van der Waals surface area contributed by atoms with Crippen LogP contribution in [-0.4, -0.2) is 81.7 Å². The standard InChI is InChI=1S/C32H40N4O4/c1-22(23-10-4-2-5-11-23)33-32(40)30-26-14-8-9-15-28(26)34-31(24-12-6-3-7-13-24)27(30)19-35-16-17-36(29(39)20-35)18-25(38)21-37/h3,6-9,12-15,22-23,25,37-38H,2,4-5,10-11,16-21H2,1H3,(H,33,40)/t22-,25+/m0/s1. The Kier molecular flexibility index (Phi) is 9.09. The lowest BCUT2D eigenvalue weighted by atomic mass is 9.84. The number of aliphatic hydroxyl groups excluding tert-OH is 2. The van der Waals surface area contributed by atoms with Crippen molar-refractivity contribution in [1.82, 2.24) is 20.1 Å². The number of nitrogens with zero attached hydrogens (tertiary/aromatic N) is 3. The lowest BCUT2D eigenvalue weighted by Gasteiger charge is -2.35. The number of hydrogen-bond acceptors (Lipinski definition) is 6. The first-order chi connectivity index (χ1) is 19.4. The number of para-hydroxylation sites is 1. The zero-order chi connectivity index (χ0) is 28.1. The highest BCUT2D eigenvalue weighted by Gasteiger charge is 2.30. The van der Waals surface area contributed by atoms with Crippen LogP contribution in [-0.2, 0) is 11.3 Å². The Hall–Kier alpha value is -3.33. The van der Waals surface area contributed by atoms with Crippen molar-refractivity contribution in [3.8, 4) is 11.3 Å². The monoisotopic (exact) mass is 544 g/mol.